The van der Waals surface area contributed by atoms with Crippen LogP contribution in [0.2, 0.25) is 5.02 Å². The lowest BCUT2D eigenvalue weighted by atomic mass is 10.2. The molecular weight excluding hydrogens is 378 g/mol. The number of hydrogen-bond acceptors (Lipinski definition) is 2. The lowest BCUT2D eigenvalue weighted by Gasteiger charge is -2.09. The summed E-state index contributed by atoms with van der Waals surface area (Å²) in [4.78, 5) is 0. The van der Waals surface area contributed by atoms with Gasteiger partial charge in [0.05, 0.1) is 6.54 Å². The zero-order chi connectivity index (χ0) is 18.5. The Kier molecular flexibility index (Phi) is 5.80. The van der Waals surface area contributed by atoms with E-state index in [4.69, 9.17) is 23.8 Å². The molecule has 8 heteroatoms. The number of aromatic nitrogens is 2. The zero-order valence-corrected chi connectivity index (χ0v) is 15.1. The summed E-state index contributed by atoms with van der Waals surface area (Å²) in [5, 5.41) is 11.0. The van der Waals surface area contributed by atoms with Gasteiger partial charge in [-0.05, 0) is 42.0 Å². The quantitative estimate of drug-likeness (QED) is 0.633. The predicted molar refractivity (Wildman–Crippen MR) is 102 cm³/mol. The zero-order valence-electron chi connectivity index (χ0n) is 13.5. The van der Waals surface area contributed by atoms with E-state index in [-0.39, 0.29) is 18.2 Å². The lowest BCUT2D eigenvalue weighted by molar-refractivity contribution is 0.586. The average Bonchev–Trinajstić information content (AvgIpc) is 3.05. The normalized spacial score (nSPS) is 10.6. The summed E-state index contributed by atoms with van der Waals surface area (Å²) < 4.78 is 28.3. The maximum absolute atomic E-state index is 13.8. The summed E-state index contributed by atoms with van der Waals surface area (Å²) in [6.45, 7) is 0.667. The van der Waals surface area contributed by atoms with Gasteiger partial charge < -0.3 is 10.6 Å². The van der Waals surface area contributed by atoms with Gasteiger partial charge in [-0.2, -0.15) is 5.10 Å². The first-order chi connectivity index (χ1) is 12.5. The minimum Gasteiger partial charge on any atom is -0.358 e. The van der Waals surface area contributed by atoms with E-state index < -0.39 is 0 Å². The van der Waals surface area contributed by atoms with E-state index in [9.17, 15) is 8.78 Å². The molecule has 0 radical (unpaired) electrons. The second-order valence-corrected chi connectivity index (χ2v) is 6.35. The Morgan fingerprint density at radius 2 is 1.88 bits per heavy atom. The van der Waals surface area contributed by atoms with Crippen molar-refractivity contribution in [1.82, 2.24) is 15.1 Å². The molecule has 0 atom stereocenters. The van der Waals surface area contributed by atoms with Crippen molar-refractivity contribution in [3.63, 3.8) is 0 Å². The van der Waals surface area contributed by atoms with Crippen molar-refractivity contribution < 1.29 is 8.78 Å². The number of rotatable bonds is 5. The van der Waals surface area contributed by atoms with Crippen molar-refractivity contribution >= 4 is 34.7 Å². The first-order valence-electron chi connectivity index (χ1n) is 7.77. The fourth-order valence-electron chi connectivity index (χ4n) is 2.31. The predicted octanol–water partition coefficient (Wildman–Crippen LogP) is 4.35. The molecule has 3 aromatic rings. The molecular formula is C18H15ClF2N4S. The largest absolute Gasteiger partial charge is 0.358 e. The van der Waals surface area contributed by atoms with Crippen LogP contribution in [0.3, 0.4) is 0 Å². The van der Waals surface area contributed by atoms with Gasteiger partial charge in [-0.25, -0.2) is 8.78 Å². The van der Waals surface area contributed by atoms with E-state index in [0.717, 1.165) is 5.56 Å². The number of hydrogen-bond donors (Lipinski definition) is 2. The molecule has 0 amide bonds. The molecule has 0 fully saturated rings. The minimum atomic E-state index is -0.376. The molecule has 26 heavy (non-hydrogen) atoms. The molecule has 4 nitrogen and oxygen atoms in total. The number of nitrogens with zero attached hydrogens (tertiary/aromatic N) is 2. The highest BCUT2D eigenvalue weighted by Gasteiger charge is 2.09. The monoisotopic (exact) mass is 392 g/mol. The Balaban J connectivity index is 1.56. The smallest absolute Gasteiger partial charge is 0.172 e. The van der Waals surface area contributed by atoms with Crippen LogP contribution >= 0.6 is 23.8 Å². The summed E-state index contributed by atoms with van der Waals surface area (Å²) in [5.41, 5.74) is 1.27. The highest BCUT2D eigenvalue weighted by molar-refractivity contribution is 7.80. The topological polar surface area (TPSA) is 41.9 Å². The molecule has 1 heterocycles. The van der Waals surface area contributed by atoms with E-state index in [1.54, 1.807) is 41.2 Å². The van der Waals surface area contributed by atoms with Crippen LogP contribution in [0.15, 0.2) is 54.7 Å². The number of thiocarbonyl (C=S) groups is 1. The molecule has 0 saturated heterocycles. The second-order valence-electron chi connectivity index (χ2n) is 5.53. The highest BCUT2D eigenvalue weighted by Crippen LogP contribution is 2.20. The SMILES string of the molecule is Fc1ccc(CNC(=S)Nc2ccn(Cc3c(F)cccc3Cl)n2)cc1. The Bertz CT molecular complexity index is 892. The molecule has 3 rings (SSSR count). The molecule has 0 aliphatic rings. The van der Waals surface area contributed by atoms with Crippen molar-refractivity contribution in [2.75, 3.05) is 5.32 Å². The Morgan fingerprint density at radius 1 is 1.12 bits per heavy atom. The summed E-state index contributed by atoms with van der Waals surface area (Å²) >= 11 is 11.2. The summed E-state index contributed by atoms with van der Waals surface area (Å²) in [6.07, 6.45) is 1.70. The summed E-state index contributed by atoms with van der Waals surface area (Å²) in [6, 6.07) is 12.4. The van der Waals surface area contributed by atoms with Gasteiger partial charge in [-0.15, -0.1) is 0 Å². The van der Waals surface area contributed by atoms with E-state index in [0.29, 0.717) is 28.1 Å². The van der Waals surface area contributed by atoms with E-state index >= 15 is 0 Å². The third-order valence-corrected chi connectivity index (χ3v) is 4.23. The van der Waals surface area contributed by atoms with Gasteiger partial charge in [0, 0.05) is 29.4 Å². The van der Waals surface area contributed by atoms with Crippen LogP contribution in [0.1, 0.15) is 11.1 Å². The van der Waals surface area contributed by atoms with Crippen molar-refractivity contribution in [2.45, 2.75) is 13.1 Å². The van der Waals surface area contributed by atoms with Crippen LogP contribution in [0, 0.1) is 11.6 Å². The van der Waals surface area contributed by atoms with E-state index in [1.165, 1.54) is 18.2 Å². The molecule has 2 N–H and O–H groups in total. The van der Waals surface area contributed by atoms with Crippen molar-refractivity contribution in [3.05, 3.63) is 82.5 Å². The maximum atomic E-state index is 13.8. The Morgan fingerprint density at radius 3 is 2.62 bits per heavy atom. The molecule has 1 aromatic heterocycles. The van der Waals surface area contributed by atoms with Crippen LogP contribution < -0.4 is 10.6 Å². The van der Waals surface area contributed by atoms with Gasteiger partial charge in [0.2, 0.25) is 0 Å². The van der Waals surface area contributed by atoms with Crippen molar-refractivity contribution in [2.24, 2.45) is 0 Å². The van der Waals surface area contributed by atoms with Crippen LogP contribution in [0.4, 0.5) is 14.6 Å². The fourth-order valence-corrected chi connectivity index (χ4v) is 2.71. The van der Waals surface area contributed by atoms with Gasteiger partial charge in [0.25, 0.3) is 0 Å². The highest BCUT2D eigenvalue weighted by atomic mass is 35.5. The Labute approximate surface area is 159 Å². The summed E-state index contributed by atoms with van der Waals surface area (Å²) in [5.74, 6) is -0.136. The fraction of sp³-hybridized carbons (Fsp3) is 0.111. The third kappa shape index (κ3) is 4.77. The number of benzene rings is 2. The van der Waals surface area contributed by atoms with Crippen molar-refractivity contribution in [3.8, 4) is 0 Å². The van der Waals surface area contributed by atoms with Crippen molar-refractivity contribution in [1.29, 1.82) is 0 Å². The van der Waals surface area contributed by atoms with Gasteiger partial charge >= 0.3 is 0 Å². The van der Waals surface area contributed by atoms with Crippen LogP contribution in [-0.4, -0.2) is 14.9 Å². The molecule has 0 bridgehead atoms. The van der Waals surface area contributed by atoms with Crippen LogP contribution in [0.5, 0.6) is 0 Å². The van der Waals surface area contributed by atoms with Gasteiger partial charge in [0.15, 0.2) is 10.9 Å². The first-order valence-corrected chi connectivity index (χ1v) is 8.55. The second kappa shape index (κ2) is 8.25. The molecule has 0 spiro atoms. The number of anilines is 1. The number of nitrogens with one attached hydrogen (secondary N) is 2. The van der Waals surface area contributed by atoms with E-state index in [1.807, 2.05) is 0 Å². The third-order valence-electron chi connectivity index (χ3n) is 3.63. The number of halogens is 3. The molecule has 2 aromatic carbocycles. The maximum Gasteiger partial charge on any atom is 0.172 e. The van der Waals surface area contributed by atoms with Gasteiger partial charge in [0.1, 0.15) is 11.6 Å². The average molecular weight is 393 g/mol. The first kappa shape index (κ1) is 18.3. The van der Waals surface area contributed by atoms with Crippen LogP contribution in [-0.2, 0) is 13.1 Å². The standard InChI is InChI=1S/C18H15ClF2N4S/c19-15-2-1-3-16(21)14(15)11-25-9-8-17(24-25)23-18(26)22-10-12-4-6-13(20)7-5-12/h1-9H,10-11H2,(H2,22,23,24,26). The van der Waals surface area contributed by atoms with Gasteiger partial charge in [-0.1, -0.05) is 29.8 Å². The van der Waals surface area contributed by atoms with Crippen LogP contribution in [0.25, 0.3) is 0 Å². The molecule has 0 aliphatic heterocycles. The molecule has 134 valence electrons. The molecule has 0 unspecified atom stereocenters. The Hall–Kier alpha value is -2.51. The lowest BCUT2D eigenvalue weighted by Crippen LogP contribution is -2.28. The molecule has 0 aliphatic carbocycles. The van der Waals surface area contributed by atoms with E-state index in [2.05, 4.69) is 15.7 Å². The molecule has 0 saturated carbocycles. The van der Waals surface area contributed by atoms with Gasteiger partial charge in [-0.3, -0.25) is 4.68 Å². The summed E-state index contributed by atoms with van der Waals surface area (Å²) in [7, 11) is 0. The minimum absolute atomic E-state index is 0.211.